The molecule has 3 heteroatoms. The van der Waals surface area contributed by atoms with Crippen LogP contribution in [0.25, 0.3) is 11.0 Å². The Labute approximate surface area is 133 Å². The summed E-state index contributed by atoms with van der Waals surface area (Å²) < 4.78 is 2.34. The van der Waals surface area contributed by atoms with Gasteiger partial charge >= 0.3 is 0 Å². The molecule has 0 fully saturated rings. The summed E-state index contributed by atoms with van der Waals surface area (Å²) in [6.07, 6.45) is 0. The zero-order valence-corrected chi connectivity index (χ0v) is 14.8. The van der Waals surface area contributed by atoms with Gasteiger partial charge in [-0.2, -0.15) is 0 Å². The second-order valence-electron chi connectivity index (χ2n) is 6.84. The fourth-order valence-corrected chi connectivity index (χ4v) is 3.32. The SMILES string of the molecule is Cc1ccc2nc(C(C)Cl)n(CC(C(C)C)C(C)C)c2c1. The molecule has 1 heterocycles. The molecule has 2 aromatic rings. The first-order valence-corrected chi connectivity index (χ1v) is 8.35. The van der Waals surface area contributed by atoms with Gasteiger partial charge in [0.1, 0.15) is 5.82 Å². The van der Waals surface area contributed by atoms with E-state index in [9.17, 15) is 0 Å². The molecule has 0 spiro atoms. The minimum absolute atomic E-state index is 0.0716. The molecule has 2 nitrogen and oxygen atoms in total. The van der Waals surface area contributed by atoms with Gasteiger partial charge in [-0.3, -0.25) is 0 Å². The minimum Gasteiger partial charge on any atom is -0.326 e. The van der Waals surface area contributed by atoms with Crippen molar-refractivity contribution >= 4 is 22.6 Å². The van der Waals surface area contributed by atoms with Crippen LogP contribution in [0.5, 0.6) is 0 Å². The maximum absolute atomic E-state index is 6.38. The van der Waals surface area contributed by atoms with E-state index in [2.05, 4.69) is 57.4 Å². The van der Waals surface area contributed by atoms with E-state index in [1.807, 2.05) is 6.92 Å². The molecular weight excluding hydrogens is 280 g/mol. The Morgan fingerprint density at radius 1 is 1.10 bits per heavy atom. The van der Waals surface area contributed by atoms with Crippen LogP contribution in [-0.4, -0.2) is 9.55 Å². The summed E-state index contributed by atoms with van der Waals surface area (Å²) in [5, 5.41) is -0.0716. The number of rotatable bonds is 5. The summed E-state index contributed by atoms with van der Waals surface area (Å²) in [5.74, 6) is 2.90. The molecule has 0 aliphatic rings. The highest BCUT2D eigenvalue weighted by Crippen LogP contribution is 2.30. The quantitative estimate of drug-likeness (QED) is 0.660. The molecule has 1 aromatic heterocycles. The molecule has 0 aliphatic carbocycles. The second-order valence-corrected chi connectivity index (χ2v) is 7.50. The summed E-state index contributed by atoms with van der Waals surface area (Å²) in [5.41, 5.74) is 3.53. The highest BCUT2D eigenvalue weighted by atomic mass is 35.5. The van der Waals surface area contributed by atoms with Crippen LogP contribution < -0.4 is 0 Å². The number of aryl methyl sites for hydroxylation is 1. The van der Waals surface area contributed by atoms with Crippen LogP contribution in [-0.2, 0) is 6.54 Å². The largest absolute Gasteiger partial charge is 0.326 e. The first-order chi connectivity index (χ1) is 9.81. The van der Waals surface area contributed by atoms with Gasteiger partial charge in [0.2, 0.25) is 0 Å². The van der Waals surface area contributed by atoms with Crippen LogP contribution in [0.2, 0.25) is 0 Å². The summed E-state index contributed by atoms with van der Waals surface area (Å²) in [7, 11) is 0. The third-order valence-electron chi connectivity index (χ3n) is 4.40. The molecule has 1 atom stereocenters. The average Bonchev–Trinajstić information content (AvgIpc) is 2.73. The molecular formula is C18H27ClN2. The fraction of sp³-hybridized carbons (Fsp3) is 0.611. The smallest absolute Gasteiger partial charge is 0.127 e. The van der Waals surface area contributed by atoms with Crippen LogP contribution in [0.15, 0.2) is 18.2 Å². The Kier molecular flexibility index (Phi) is 4.98. The number of benzene rings is 1. The van der Waals surface area contributed by atoms with E-state index in [0.717, 1.165) is 17.9 Å². The van der Waals surface area contributed by atoms with Crippen LogP contribution >= 0.6 is 11.6 Å². The predicted octanol–water partition coefficient (Wildman–Crippen LogP) is 5.57. The van der Waals surface area contributed by atoms with Gasteiger partial charge in [-0.15, -0.1) is 11.6 Å². The third kappa shape index (κ3) is 3.42. The van der Waals surface area contributed by atoms with Crippen molar-refractivity contribution in [2.45, 2.75) is 53.5 Å². The van der Waals surface area contributed by atoms with Crippen molar-refractivity contribution in [1.29, 1.82) is 0 Å². The summed E-state index contributed by atoms with van der Waals surface area (Å²) in [6, 6.07) is 6.44. The zero-order chi connectivity index (χ0) is 15.7. The highest BCUT2D eigenvalue weighted by molar-refractivity contribution is 6.20. The van der Waals surface area contributed by atoms with Crippen molar-refractivity contribution < 1.29 is 0 Å². The van der Waals surface area contributed by atoms with Gasteiger partial charge in [0.15, 0.2) is 0 Å². The van der Waals surface area contributed by atoms with Crippen molar-refractivity contribution in [2.75, 3.05) is 0 Å². The summed E-state index contributed by atoms with van der Waals surface area (Å²) >= 11 is 6.38. The van der Waals surface area contributed by atoms with Gasteiger partial charge in [-0.1, -0.05) is 33.8 Å². The van der Waals surface area contributed by atoms with Gasteiger partial charge in [-0.05, 0) is 49.3 Å². The molecule has 0 N–H and O–H groups in total. The van der Waals surface area contributed by atoms with E-state index >= 15 is 0 Å². The summed E-state index contributed by atoms with van der Waals surface area (Å²) in [6.45, 7) is 14.3. The topological polar surface area (TPSA) is 17.8 Å². The Bertz CT molecular complexity index is 603. The molecule has 0 bridgehead atoms. The third-order valence-corrected chi connectivity index (χ3v) is 4.59. The van der Waals surface area contributed by atoms with Gasteiger partial charge in [-0.25, -0.2) is 4.98 Å². The number of alkyl halides is 1. The van der Waals surface area contributed by atoms with Crippen molar-refractivity contribution in [3.63, 3.8) is 0 Å². The number of hydrogen-bond donors (Lipinski definition) is 0. The van der Waals surface area contributed by atoms with Crippen LogP contribution in [0.1, 0.15) is 51.4 Å². The highest BCUT2D eigenvalue weighted by Gasteiger charge is 2.22. The molecule has 1 unspecified atom stereocenters. The maximum Gasteiger partial charge on any atom is 0.127 e. The van der Waals surface area contributed by atoms with E-state index in [-0.39, 0.29) is 5.38 Å². The fourth-order valence-electron chi connectivity index (χ4n) is 3.15. The lowest BCUT2D eigenvalue weighted by Crippen LogP contribution is -2.23. The molecule has 0 aliphatic heterocycles. The normalized spacial score (nSPS) is 13.8. The van der Waals surface area contributed by atoms with E-state index in [1.165, 1.54) is 11.1 Å². The first kappa shape index (κ1) is 16.4. The number of nitrogens with zero attached hydrogens (tertiary/aromatic N) is 2. The van der Waals surface area contributed by atoms with Gasteiger partial charge in [0.25, 0.3) is 0 Å². The molecule has 1 aromatic carbocycles. The molecule has 116 valence electrons. The van der Waals surface area contributed by atoms with Crippen LogP contribution in [0.3, 0.4) is 0 Å². The zero-order valence-electron chi connectivity index (χ0n) is 14.0. The van der Waals surface area contributed by atoms with Crippen molar-refractivity contribution in [3.8, 4) is 0 Å². The first-order valence-electron chi connectivity index (χ1n) is 7.92. The number of fused-ring (bicyclic) bond motifs is 1. The number of hydrogen-bond acceptors (Lipinski definition) is 1. The Hall–Kier alpha value is -1.02. The lowest BCUT2D eigenvalue weighted by atomic mass is 9.85. The average molecular weight is 307 g/mol. The van der Waals surface area contributed by atoms with Crippen LogP contribution in [0, 0.1) is 24.7 Å². The molecule has 21 heavy (non-hydrogen) atoms. The van der Waals surface area contributed by atoms with Crippen LogP contribution in [0.4, 0.5) is 0 Å². The summed E-state index contributed by atoms with van der Waals surface area (Å²) in [4.78, 5) is 4.76. The predicted molar refractivity (Wildman–Crippen MR) is 91.9 cm³/mol. The Morgan fingerprint density at radius 2 is 1.71 bits per heavy atom. The Morgan fingerprint density at radius 3 is 2.24 bits per heavy atom. The number of imidazole rings is 1. The van der Waals surface area contributed by atoms with Gasteiger partial charge in [0, 0.05) is 6.54 Å². The number of halogens is 1. The molecule has 0 saturated heterocycles. The second kappa shape index (κ2) is 6.39. The minimum atomic E-state index is -0.0716. The van der Waals surface area contributed by atoms with E-state index < -0.39 is 0 Å². The lowest BCUT2D eigenvalue weighted by molar-refractivity contribution is 0.252. The molecule has 2 rings (SSSR count). The molecule has 0 amide bonds. The molecule has 0 saturated carbocycles. The van der Waals surface area contributed by atoms with Crippen molar-refractivity contribution in [2.24, 2.45) is 17.8 Å². The molecule has 0 radical (unpaired) electrons. The number of aromatic nitrogens is 2. The Balaban J connectivity index is 2.54. The van der Waals surface area contributed by atoms with Crippen molar-refractivity contribution in [3.05, 3.63) is 29.6 Å². The van der Waals surface area contributed by atoms with E-state index in [1.54, 1.807) is 0 Å². The standard InChI is InChI=1S/C18H27ClN2/c1-11(2)15(12(3)4)10-21-17-9-13(5)7-8-16(17)20-18(21)14(6)19/h7-9,11-12,14-15H,10H2,1-6H3. The lowest BCUT2D eigenvalue weighted by Gasteiger charge is -2.26. The van der Waals surface area contributed by atoms with Gasteiger partial charge < -0.3 is 4.57 Å². The monoisotopic (exact) mass is 306 g/mol. The maximum atomic E-state index is 6.38. The van der Waals surface area contributed by atoms with E-state index in [0.29, 0.717) is 17.8 Å². The van der Waals surface area contributed by atoms with E-state index in [4.69, 9.17) is 16.6 Å². The van der Waals surface area contributed by atoms with Gasteiger partial charge in [0.05, 0.1) is 16.4 Å². The van der Waals surface area contributed by atoms with Crippen molar-refractivity contribution in [1.82, 2.24) is 9.55 Å².